The Labute approximate surface area is 184 Å². The maximum atomic E-state index is 12.9. The normalized spacial score (nSPS) is 28.4. The Kier molecular flexibility index (Phi) is 5.11. The minimum absolute atomic E-state index is 0.167. The van der Waals surface area contributed by atoms with Gasteiger partial charge in [0.25, 0.3) is 0 Å². The second-order valence-corrected chi connectivity index (χ2v) is 10.4. The van der Waals surface area contributed by atoms with Crippen LogP contribution in [0.15, 0.2) is 30.3 Å². The highest BCUT2D eigenvalue weighted by Gasteiger charge is 2.51. The van der Waals surface area contributed by atoms with Gasteiger partial charge in [0, 0.05) is 43.7 Å². The van der Waals surface area contributed by atoms with E-state index in [0.29, 0.717) is 12.4 Å². The lowest BCUT2D eigenvalue weighted by atomic mass is 9.49. The number of carbonyl (C=O) groups excluding carboxylic acids is 1. The van der Waals surface area contributed by atoms with E-state index in [4.69, 9.17) is 0 Å². The van der Waals surface area contributed by atoms with Crippen molar-refractivity contribution in [2.45, 2.75) is 51.9 Å². The molecule has 1 aromatic heterocycles. The maximum absolute atomic E-state index is 12.9. The fourth-order valence-corrected chi connectivity index (χ4v) is 6.66. The summed E-state index contributed by atoms with van der Waals surface area (Å²) in [6.45, 7) is 1.96. The molecule has 1 aromatic carbocycles. The van der Waals surface area contributed by atoms with Crippen molar-refractivity contribution in [3.8, 4) is 0 Å². The number of nitrogens with zero attached hydrogens (tertiary/aromatic N) is 3. The molecule has 6 rings (SSSR count). The molecular formula is C25H33N5O. The molecule has 1 amide bonds. The quantitative estimate of drug-likeness (QED) is 0.678. The molecule has 2 N–H and O–H groups in total. The van der Waals surface area contributed by atoms with Gasteiger partial charge in [-0.2, -0.15) is 4.98 Å². The third kappa shape index (κ3) is 4.39. The Morgan fingerprint density at radius 3 is 2.16 bits per heavy atom. The van der Waals surface area contributed by atoms with E-state index in [-0.39, 0.29) is 11.3 Å². The fourth-order valence-electron chi connectivity index (χ4n) is 6.66. The van der Waals surface area contributed by atoms with Crippen molar-refractivity contribution in [1.29, 1.82) is 0 Å². The van der Waals surface area contributed by atoms with Crippen LogP contribution in [0.5, 0.6) is 0 Å². The molecule has 0 atom stereocenters. The largest absolute Gasteiger partial charge is 0.363 e. The number of hydrogen-bond acceptors (Lipinski definition) is 5. The number of rotatable bonds is 6. The molecule has 0 spiro atoms. The molecule has 2 aromatic rings. The van der Waals surface area contributed by atoms with Crippen LogP contribution in [0, 0.1) is 30.1 Å². The summed E-state index contributed by atoms with van der Waals surface area (Å²) in [5.74, 6) is 4.23. The lowest BCUT2D eigenvalue weighted by Crippen LogP contribution is -2.47. The minimum atomic E-state index is 0.167. The van der Waals surface area contributed by atoms with E-state index in [2.05, 4.69) is 20.6 Å². The number of aryl methyl sites for hydroxylation is 1. The third-order valence-corrected chi connectivity index (χ3v) is 7.42. The highest BCUT2D eigenvalue weighted by Crippen LogP contribution is 2.61. The first kappa shape index (κ1) is 20.3. The zero-order chi connectivity index (χ0) is 21.6. The van der Waals surface area contributed by atoms with Gasteiger partial charge < -0.3 is 15.5 Å². The summed E-state index contributed by atoms with van der Waals surface area (Å²) in [6, 6.07) is 9.77. The summed E-state index contributed by atoms with van der Waals surface area (Å²) < 4.78 is 0. The number of anilines is 4. The van der Waals surface area contributed by atoms with Crippen LogP contribution in [-0.4, -0.2) is 30.0 Å². The molecule has 0 unspecified atom stereocenters. The number of carbonyl (C=O) groups is 1. The van der Waals surface area contributed by atoms with Gasteiger partial charge in [-0.1, -0.05) is 0 Å². The molecular weight excluding hydrogens is 386 g/mol. The van der Waals surface area contributed by atoms with Gasteiger partial charge in [0.15, 0.2) is 0 Å². The number of aromatic nitrogens is 2. The Balaban J connectivity index is 1.20. The van der Waals surface area contributed by atoms with E-state index in [9.17, 15) is 4.79 Å². The number of amides is 1. The summed E-state index contributed by atoms with van der Waals surface area (Å²) in [7, 11) is 3.93. The summed E-state index contributed by atoms with van der Waals surface area (Å²) >= 11 is 0. The lowest BCUT2D eigenvalue weighted by Gasteiger charge is -2.56. The first-order valence-corrected chi connectivity index (χ1v) is 11.6. The smallest absolute Gasteiger partial charge is 0.229 e. The van der Waals surface area contributed by atoms with Crippen LogP contribution in [0.25, 0.3) is 0 Å². The van der Waals surface area contributed by atoms with Gasteiger partial charge in [0.1, 0.15) is 5.82 Å². The number of hydrogen-bond donors (Lipinski definition) is 2. The van der Waals surface area contributed by atoms with Crippen LogP contribution < -0.4 is 15.5 Å². The predicted molar refractivity (Wildman–Crippen MR) is 125 cm³/mol. The van der Waals surface area contributed by atoms with Crippen molar-refractivity contribution in [1.82, 2.24) is 9.97 Å². The molecule has 0 aliphatic heterocycles. The molecule has 4 saturated carbocycles. The van der Waals surface area contributed by atoms with E-state index < -0.39 is 0 Å². The predicted octanol–water partition coefficient (Wildman–Crippen LogP) is 5.14. The zero-order valence-corrected chi connectivity index (χ0v) is 18.8. The van der Waals surface area contributed by atoms with Crippen molar-refractivity contribution < 1.29 is 4.79 Å². The standard InChI is InChI=1S/C25H33N5O/c1-16-8-22(30(2)3)29-24(26-16)28-21-6-4-20(5-7-21)27-23(31)15-25-12-17-9-18(13-25)11-19(10-17)14-25/h4-8,17-19H,9-15H2,1-3H3,(H,27,31)(H,26,28,29). The Morgan fingerprint density at radius 1 is 1.00 bits per heavy atom. The lowest BCUT2D eigenvalue weighted by molar-refractivity contribution is -0.124. The Hall–Kier alpha value is -2.63. The summed E-state index contributed by atoms with van der Waals surface area (Å²) in [5, 5.41) is 6.40. The first-order valence-electron chi connectivity index (χ1n) is 11.6. The average Bonchev–Trinajstić information content (AvgIpc) is 2.67. The van der Waals surface area contributed by atoms with Crippen LogP contribution in [0.2, 0.25) is 0 Å². The van der Waals surface area contributed by atoms with Gasteiger partial charge >= 0.3 is 0 Å². The zero-order valence-electron chi connectivity index (χ0n) is 18.8. The molecule has 1 heterocycles. The van der Waals surface area contributed by atoms with Crippen molar-refractivity contribution in [2.75, 3.05) is 29.6 Å². The maximum Gasteiger partial charge on any atom is 0.229 e. The van der Waals surface area contributed by atoms with Gasteiger partial charge in [-0.15, -0.1) is 0 Å². The monoisotopic (exact) mass is 419 g/mol. The van der Waals surface area contributed by atoms with Gasteiger partial charge in [0.05, 0.1) is 0 Å². The summed E-state index contributed by atoms with van der Waals surface area (Å²) in [6.07, 6.45) is 8.71. The second kappa shape index (κ2) is 7.81. The highest BCUT2D eigenvalue weighted by atomic mass is 16.1. The Bertz CT molecular complexity index is 933. The van der Waals surface area contributed by atoms with Crippen molar-refractivity contribution in [3.05, 3.63) is 36.0 Å². The molecule has 0 saturated heterocycles. The van der Waals surface area contributed by atoms with E-state index in [1.54, 1.807) is 0 Å². The summed E-state index contributed by atoms with van der Waals surface area (Å²) in [4.78, 5) is 23.8. The van der Waals surface area contributed by atoms with Crippen molar-refractivity contribution >= 4 is 29.0 Å². The SMILES string of the molecule is Cc1cc(N(C)C)nc(Nc2ccc(NC(=O)CC34CC5CC(CC(C5)C3)C4)cc2)n1. The van der Waals surface area contributed by atoms with Crippen molar-refractivity contribution in [2.24, 2.45) is 23.2 Å². The van der Waals surface area contributed by atoms with Crippen LogP contribution in [0.1, 0.15) is 50.6 Å². The summed E-state index contributed by atoms with van der Waals surface area (Å²) in [5.41, 5.74) is 2.93. The van der Waals surface area contributed by atoms with E-state index in [1.807, 2.05) is 56.3 Å². The van der Waals surface area contributed by atoms with Gasteiger partial charge in [-0.3, -0.25) is 4.79 Å². The Morgan fingerprint density at radius 2 is 1.58 bits per heavy atom. The van der Waals surface area contributed by atoms with Gasteiger partial charge in [-0.05, 0) is 92.9 Å². The average molecular weight is 420 g/mol. The molecule has 4 aliphatic carbocycles. The molecule has 164 valence electrons. The molecule has 6 heteroatoms. The molecule has 6 nitrogen and oxygen atoms in total. The number of nitrogens with one attached hydrogen (secondary N) is 2. The molecule has 4 bridgehead atoms. The highest BCUT2D eigenvalue weighted by molar-refractivity contribution is 5.91. The topological polar surface area (TPSA) is 70.2 Å². The van der Waals surface area contributed by atoms with Crippen LogP contribution in [-0.2, 0) is 4.79 Å². The molecule has 31 heavy (non-hydrogen) atoms. The van der Waals surface area contributed by atoms with E-state index in [1.165, 1.54) is 38.5 Å². The molecule has 4 fully saturated rings. The van der Waals surface area contributed by atoms with Crippen molar-refractivity contribution in [3.63, 3.8) is 0 Å². The fraction of sp³-hybridized carbons (Fsp3) is 0.560. The molecule has 0 radical (unpaired) electrons. The second-order valence-electron chi connectivity index (χ2n) is 10.4. The van der Waals surface area contributed by atoms with Crippen LogP contribution in [0.4, 0.5) is 23.1 Å². The van der Waals surface area contributed by atoms with Crippen LogP contribution in [0.3, 0.4) is 0 Å². The number of benzene rings is 1. The van der Waals surface area contributed by atoms with Crippen LogP contribution >= 0.6 is 0 Å². The van der Waals surface area contributed by atoms with E-state index in [0.717, 1.165) is 40.6 Å². The minimum Gasteiger partial charge on any atom is -0.363 e. The van der Waals surface area contributed by atoms with E-state index >= 15 is 0 Å². The van der Waals surface area contributed by atoms with Gasteiger partial charge in [-0.25, -0.2) is 4.98 Å². The third-order valence-electron chi connectivity index (χ3n) is 7.42. The van der Waals surface area contributed by atoms with Gasteiger partial charge in [0.2, 0.25) is 11.9 Å². The molecule has 4 aliphatic rings. The first-order chi connectivity index (χ1) is 14.9.